The molecule has 3 rings (SSSR count). The van der Waals surface area contributed by atoms with Crippen molar-refractivity contribution in [3.05, 3.63) is 81.3 Å². The van der Waals surface area contributed by atoms with E-state index >= 15 is 0 Å². The van der Waals surface area contributed by atoms with E-state index in [1.807, 2.05) is 0 Å². The van der Waals surface area contributed by atoms with Crippen molar-refractivity contribution >= 4 is 17.7 Å². The number of hydrogen-bond donors (Lipinski definition) is 1. The van der Waals surface area contributed by atoms with Crippen LogP contribution in [-0.2, 0) is 0 Å². The molecule has 0 radical (unpaired) electrons. The lowest BCUT2D eigenvalue weighted by atomic mass is 10.0. The van der Waals surface area contributed by atoms with Gasteiger partial charge in [-0.3, -0.25) is 15.5 Å². The summed E-state index contributed by atoms with van der Waals surface area (Å²) in [6, 6.07) is 13.6. The molecule has 0 unspecified atom stereocenters. The monoisotopic (exact) mass is 377 g/mol. The summed E-state index contributed by atoms with van der Waals surface area (Å²) in [7, 11) is 0. The molecule has 144 valence electrons. The number of aromatic nitrogens is 2. The lowest BCUT2D eigenvalue weighted by Crippen LogP contribution is -2.00. The third-order valence-electron chi connectivity index (χ3n) is 4.63. The van der Waals surface area contributed by atoms with Gasteiger partial charge in [0.05, 0.1) is 11.1 Å². The van der Waals surface area contributed by atoms with Crippen LogP contribution in [0.25, 0.3) is 5.69 Å². The molecule has 2 heterocycles. The number of hydrogen-bond acceptors (Lipinski definition) is 5. The Balaban J connectivity index is 1.77. The van der Waals surface area contributed by atoms with Crippen LogP contribution in [0.5, 0.6) is 0 Å². The number of benzene rings is 1. The van der Waals surface area contributed by atoms with E-state index in [0.29, 0.717) is 11.7 Å². The quantitative estimate of drug-likeness (QED) is 0.373. The molecule has 7 heteroatoms. The zero-order valence-corrected chi connectivity index (χ0v) is 16.4. The Morgan fingerprint density at radius 3 is 2.46 bits per heavy atom. The summed E-state index contributed by atoms with van der Waals surface area (Å²) in [6.45, 7) is 8.48. The van der Waals surface area contributed by atoms with Crippen molar-refractivity contribution in [2.24, 2.45) is 5.10 Å². The molecule has 0 saturated heterocycles. The fraction of sp³-hybridized carbons (Fsp3) is 0.238. The van der Waals surface area contributed by atoms with E-state index in [4.69, 9.17) is 0 Å². The standard InChI is InChI=1S/C21H23N5O2/c1-14(2)17-5-7-19(8-6-17)25-15(3)11-18(16(25)4)12-23-24-21-10-9-20(13-22-21)26(27)28/h5-14H,1-4H3,(H,22,24). The Labute approximate surface area is 163 Å². The van der Waals surface area contributed by atoms with Crippen molar-refractivity contribution in [1.82, 2.24) is 9.55 Å². The molecule has 2 aromatic heterocycles. The van der Waals surface area contributed by atoms with Gasteiger partial charge in [0.1, 0.15) is 12.0 Å². The van der Waals surface area contributed by atoms with Gasteiger partial charge >= 0.3 is 0 Å². The molecule has 0 aliphatic heterocycles. The van der Waals surface area contributed by atoms with Crippen LogP contribution < -0.4 is 5.43 Å². The molecule has 28 heavy (non-hydrogen) atoms. The van der Waals surface area contributed by atoms with Gasteiger partial charge in [0.15, 0.2) is 0 Å². The van der Waals surface area contributed by atoms with Crippen molar-refractivity contribution in [3.8, 4) is 5.69 Å². The molecule has 0 atom stereocenters. The van der Waals surface area contributed by atoms with E-state index in [-0.39, 0.29) is 5.69 Å². The minimum Gasteiger partial charge on any atom is -0.318 e. The molecule has 0 spiro atoms. The van der Waals surface area contributed by atoms with Crippen LogP contribution in [0.15, 0.2) is 53.8 Å². The minimum absolute atomic E-state index is 0.0541. The van der Waals surface area contributed by atoms with Crippen LogP contribution in [0, 0.1) is 24.0 Å². The largest absolute Gasteiger partial charge is 0.318 e. The first-order valence-corrected chi connectivity index (χ1v) is 9.05. The highest BCUT2D eigenvalue weighted by Crippen LogP contribution is 2.22. The maximum Gasteiger partial charge on any atom is 0.287 e. The fourth-order valence-electron chi connectivity index (χ4n) is 3.05. The molecule has 0 bridgehead atoms. The molecule has 0 aliphatic carbocycles. The highest BCUT2D eigenvalue weighted by molar-refractivity contribution is 5.82. The molecule has 0 saturated carbocycles. The van der Waals surface area contributed by atoms with Crippen LogP contribution in [0.2, 0.25) is 0 Å². The second-order valence-electron chi connectivity index (χ2n) is 6.94. The Hall–Kier alpha value is -3.48. The molecular formula is C21H23N5O2. The van der Waals surface area contributed by atoms with E-state index < -0.39 is 4.92 Å². The number of pyridine rings is 1. The summed E-state index contributed by atoms with van der Waals surface area (Å²) in [5, 5.41) is 14.9. The van der Waals surface area contributed by atoms with E-state index in [9.17, 15) is 10.1 Å². The van der Waals surface area contributed by atoms with Crippen LogP contribution >= 0.6 is 0 Å². The molecule has 1 N–H and O–H groups in total. The zero-order chi connectivity index (χ0) is 20.3. The smallest absolute Gasteiger partial charge is 0.287 e. The molecular weight excluding hydrogens is 354 g/mol. The van der Waals surface area contributed by atoms with E-state index in [1.54, 1.807) is 6.21 Å². The molecule has 1 aromatic carbocycles. The molecule has 3 aromatic rings. The normalized spacial score (nSPS) is 11.3. The molecule has 0 aliphatic rings. The average molecular weight is 377 g/mol. The van der Waals surface area contributed by atoms with Gasteiger partial charge in [0, 0.05) is 28.7 Å². The number of nitrogens with one attached hydrogen (secondary N) is 1. The number of nitrogens with zero attached hydrogens (tertiary/aromatic N) is 4. The van der Waals surface area contributed by atoms with Crippen LogP contribution in [-0.4, -0.2) is 20.7 Å². The van der Waals surface area contributed by atoms with Gasteiger partial charge in [-0.2, -0.15) is 5.10 Å². The zero-order valence-electron chi connectivity index (χ0n) is 16.4. The topological polar surface area (TPSA) is 85.3 Å². The summed E-state index contributed by atoms with van der Waals surface area (Å²) in [5.74, 6) is 0.947. The van der Waals surface area contributed by atoms with E-state index in [2.05, 4.69) is 78.1 Å². The minimum atomic E-state index is -0.484. The Kier molecular flexibility index (Phi) is 5.54. The number of anilines is 1. The van der Waals surface area contributed by atoms with Crippen molar-refractivity contribution in [3.63, 3.8) is 0 Å². The van der Waals surface area contributed by atoms with Crippen LogP contribution in [0.1, 0.15) is 42.3 Å². The van der Waals surface area contributed by atoms with E-state index in [1.165, 1.54) is 23.9 Å². The summed E-state index contributed by atoms with van der Waals surface area (Å²) < 4.78 is 2.19. The lowest BCUT2D eigenvalue weighted by Gasteiger charge is -2.12. The number of nitro groups is 1. The maximum absolute atomic E-state index is 10.7. The van der Waals surface area contributed by atoms with Crippen molar-refractivity contribution in [1.29, 1.82) is 0 Å². The van der Waals surface area contributed by atoms with Crippen LogP contribution in [0.3, 0.4) is 0 Å². The first-order chi connectivity index (χ1) is 13.4. The Bertz CT molecular complexity index is 1000. The maximum atomic E-state index is 10.7. The predicted octanol–water partition coefficient (Wildman–Crippen LogP) is 4.97. The van der Waals surface area contributed by atoms with E-state index in [0.717, 1.165) is 22.6 Å². The Morgan fingerprint density at radius 1 is 1.18 bits per heavy atom. The molecule has 0 amide bonds. The third kappa shape index (κ3) is 4.09. The van der Waals surface area contributed by atoms with Gasteiger partial charge in [-0.1, -0.05) is 26.0 Å². The SMILES string of the molecule is Cc1cc(C=NNc2ccc([N+](=O)[O-])cn2)c(C)n1-c1ccc(C(C)C)cc1. The number of rotatable bonds is 6. The summed E-state index contributed by atoms with van der Waals surface area (Å²) >= 11 is 0. The second-order valence-corrected chi connectivity index (χ2v) is 6.94. The number of aryl methyl sites for hydroxylation is 1. The van der Waals surface area contributed by atoms with Gasteiger partial charge in [-0.15, -0.1) is 0 Å². The van der Waals surface area contributed by atoms with Gasteiger partial charge in [-0.25, -0.2) is 4.98 Å². The van der Waals surface area contributed by atoms with Crippen molar-refractivity contribution in [2.45, 2.75) is 33.6 Å². The highest BCUT2D eigenvalue weighted by Gasteiger charge is 2.10. The average Bonchev–Trinajstić information content (AvgIpc) is 2.95. The second kappa shape index (κ2) is 8.04. The van der Waals surface area contributed by atoms with Crippen molar-refractivity contribution < 1.29 is 4.92 Å². The van der Waals surface area contributed by atoms with Crippen molar-refractivity contribution in [2.75, 3.05) is 5.43 Å². The lowest BCUT2D eigenvalue weighted by molar-refractivity contribution is -0.385. The first kappa shape index (κ1) is 19.3. The van der Waals surface area contributed by atoms with Gasteiger partial charge in [0.2, 0.25) is 0 Å². The van der Waals surface area contributed by atoms with Gasteiger partial charge in [-0.05, 0) is 49.6 Å². The molecule has 7 nitrogen and oxygen atoms in total. The Morgan fingerprint density at radius 2 is 1.89 bits per heavy atom. The summed E-state index contributed by atoms with van der Waals surface area (Å²) in [6.07, 6.45) is 2.93. The first-order valence-electron chi connectivity index (χ1n) is 9.05. The highest BCUT2D eigenvalue weighted by atomic mass is 16.6. The number of hydrazone groups is 1. The van der Waals surface area contributed by atoms with Gasteiger partial charge < -0.3 is 4.57 Å². The predicted molar refractivity (Wildman–Crippen MR) is 111 cm³/mol. The summed E-state index contributed by atoms with van der Waals surface area (Å²) in [5.41, 5.74) is 8.36. The fourth-order valence-corrected chi connectivity index (χ4v) is 3.05. The summed E-state index contributed by atoms with van der Waals surface area (Å²) in [4.78, 5) is 14.2. The van der Waals surface area contributed by atoms with Crippen LogP contribution in [0.4, 0.5) is 11.5 Å². The molecule has 0 fully saturated rings. The van der Waals surface area contributed by atoms with Gasteiger partial charge in [0.25, 0.3) is 5.69 Å². The third-order valence-corrected chi connectivity index (χ3v) is 4.63.